The lowest BCUT2D eigenvalue weighted by Crippen LogP contribution is -2.38. The molecule has 0 aromatic heterocycles. The van der Waals surface area contributed by atoms with Crippen molar-refractivity contribution >= 4 is 5.97 Å². The molecule has 100 valence electrons. The standard InChI is InChI=1S/C15H23NO2/c1-11(2)10-14(13-8-6-5-7-9-13)16-12(3)15(17)18-4/h5-9,11-12,14,16H,10H2,1-4H3/t12-,14?/m0/s1. The Morgan fingerprint density at radius 2 is 1.83 bits per heavy atom. The van der Waals surface area contributed by atoms with E-state index in [1.807, 2.05) is 25.1 Å². The number of rotatable bonds is 6. The second-order valence-corrected chi connectivity index (χ2v) is 5.00. The van der Waals surface area contributed by atoms with Gasteiger partial charge in [-0.15, -0.1) is 0 Å². The fraction of sp³-hybridized carbons (Fsp3) is 0.533. The summed E-state index contributed by atoms with van der Waals surface area (Å²) >= 11 is 0. The zero-order valence-corrected chi connectivity index (χ0v) is 11.6. The van der Waals surface area contributed by atoms with Crippen LogP contribution < -0.4 is 5.32 Å². The molecule has 1 rings (SSSR count). The van der Waals surface area contributed by atoms with Crippen LogP contribution >= 0.6 is 0 Å². The van der Waals surface area contributed by atoms with Gasteiger partial charge in [0, 0.05) is 6.04 Å². The Hall–Kier alpha value is -1.35. The minimum Gasteiger partial charge on any atom is -0.468 e. The predicted octanol–water partition coefficient (Wildman–Crippen LogP) is 2.92. The molecule has 0 radical (unpaired) electrons. The van der Waals surface area contributed by atoms with E-state index in [-0.39, 0.29) is 18.1 Å². The largest absolute Gasteiger partial charge is 0.468 e. The third kappa shape index (κ3) is 4.49. The first-order valence-corrected chi connectivity index (χ1v) is 6.43. The van der Waals surface area contributed by atoms with Crippen LogP contribution in [-0.4, -0.2) is 19.1 Å². The summed E-state index contributed by atoms with van der Waals surface area (Å²) in [6.07, 6.45) is 0.991. The third-order valence-electron chi connectivity index (χ3n) is 2.91. The lowest BCUT2D eigenvalue weighted by atomic mass is 9.96. The molecule has 1 aromatic carbocycles. The monoisotopic (exact) mass is 249 g/mol. The van der Waals surface area contributed by atoms with E-state index in [4.69, 9.17) is 4.74 Å². The van der Waals surface area contributed by atoms with Crippen molar-refractivity contribution in [1.29, 1.82) is 0 Å². The highest BCUT2D eigenvalue weighted by atomic mass is 16.5. The number of methoxy groups -OCH3 is 1. The number of nitrogens with one attached hydrogen (secondary N) is 1. The zero-order chi connectivity index (χ0) is 13.5. The van der Waals surface area contributed by atoms with Crippen molar-refractivity contribution in [3.63, 3.8) is 0 Å². The van der Waals surface area contributed by atoms with Crippen LogP contribution in [0.5, 0.6) is 0 Å². The van der Waals surface area contributed by atoms with Gasteiger partial charge in [0.05, 0.1) is 7.11 Å². The first-order chi connectivity index (χ1) is 8.54. The van der Waals surface area contributed by atoms with E-state index in [0.717, 1.165) is 6.42 Å². The molecule has 1 aromatic rings. The maximum atomic E-state index is 11.5. The van der Waals surface area contributed by atoms with Gasteiger partial charge in [-0.05, 0) is 24.8 Å². The molecular weight excluding hydrogens is 226 g/mol. The fourth-order valence-corrected chi connectivity index (χ4v) is 2.00. The molecule has 1 N–H and O–H groups in total. The summed E-state index contributed by atoms with van der Waals surface area (Å²) in [5.74, 6) is 0.340. The molecule has 0 aliphatic rings. The molecule has 1 unspecified atom stereocenters. The lowest BCUT2D eigenvalue weighted by Gasteiger charge is -2.24. The van der Waals surface area contributed by atoms with Crippen LogP contribution in [0, 0.1) is 5.92 Å². The van der Waals surface area contributed by atoms with Gasteiger partial charge in [0.2, 0.25) is 0 Å². The zero-order valence-electron chi connectivity index (χ0n) is 11.6. The topological polar surface area (TPSA) is 38.3 Å². The number of ether oxygens (including phenoxy) is 1. The molecule has 0 bridgehead atoms. The van der Waals surface area contributed by atoms with E-state index < -0.39 is 0 Å². The van der Waals surface area contributed by atoms with Crippen LogP contribution in [0.2, 0.25) is 0 Å². The van der Waals surface area contributed by atoms with Crippen molar-refractivity contribution in [2.45, 2.75) is 39.3 Å². The highest BCUT2D eigenvalue weighted by molar-refractivity contribution is 5.75. The van der Waals surface area contributed by atoms with E-state index >= 15 is 0 Å². The summed E-state index contributed by atoms with van der Waals surface area (Å²) in [5, 5.41) is 3.34. The average molecular weight is 249 g/mol. The van der Waals surface area contributed by atoms with E-state index in [0.29, 0.717) is 5.92 Å². The van der Waals surface area contributed by atoms with Crippen LogP contribution in [-0.2, 0) is 9.53 Å². The number of benzene rings is 1. The van der Waals surface area contributed by atoms with Gasteiger partial charge in [0.1, 0.15) is 6.04 Å². The molecule has 3 nitrogen and oxygen atoms in total. The molecular formula is C15H23NO2. The van der Waals surface area contributed by atoms with Gasteiger partial charge in [-0.25, -0.2) is 0 Å². The van der Waals surface area contributed by atoms with E-state index in [2.05, 4.69) is 31.3 Å². The SMILES string of the molecule is COC(=O)[C@H](C)NC(CC(C)C)c1ccccc1. The number of carbonyl (C=O) groups excluding carboxylic acids is 1. The van der Waals surface area contributed by atoms with Crippen LogP contribution in [0.3, 0.4) is 0 Å². The van der Waals surface area contributed by atoms with Gasteiger partial charge in [-0.2, -0.15) is 0 Å². The molecule has 0 heterocycles. The molecule has 18 heavy (non-hydrogen) atoms. The molecule has 3 heteroatoms. The number of hydrogen-bond acceptors (Lipinski definition) is 3. The van der Waals surface area contributed by atoms with E-state index in [1.54, 1.807) is 0 Å². The molecule has 0 aliphatic carbocycles. The Morgan fingerprint density at radius 3 is 2.33 bits per heavy atom. The fourth-order valence-electron chi connectivity index (χ4n) is 2.00. The van der Waals surface area contributed by atoms with Gasteiger partial charge in [0.25, 0.3) is 0 Å². The van der Waals surface area contributed by atoms with Crippen LogP contribution in [0.4, 0.5) is 0 Å². The maximum absolute atomic E-state index is 11.5. The highest BCUT2D eigenvalue weighted by Crippen LogP contribution is 2.21. The van der Waals surface area contributed by atoms with Crippen molar-refractivity contribution in [3.05, 3.63) is 35.9 Å². The maximum Gasteiger partial charge on any atom is 0.322 e. The van der Waals surface area contributed by atoms with Crippen molar-refractivity contribution in [1.82, 2.24) is 5.32 Å². The van der Waals surface area contributed by atoms with Crippen molar-refractivity contribution in [3.8, 4) is 0 Å². The van der Waals surface area contributed by atoms with Crippen LogP contribution in [0.1, 0.15) is 38.8 Å². The average Bonchev–Trinajstić information content (AvgIpc) is 2.37. The summed E-state index contributed by atoms with van der Waals surface area (Å²) < 4.78 is 4.75. The Bertz CT molecular complexity index is 362. The summed E-state index contributed by atoms with van der Waals surface area (Å²) in [6.45, 7) is 6.20. The van der Waals surface area contributed by atoms with E-state index in [9.17, 15) is 4.79 Å². The van der Waals surface area contributed by atoms with Gasteiger partial charge in [-0.3, -0.25) is 10.1 Å². The summed E-state index contributed by atoms with van der Waals surface area (Å²) in [5.41, 5.74) is 1.21. The predicted molar refractivity (Wildman–Crippen MR) is 73.3 cm³/mol. The summed E-state index contributed by atoms with van der Waals surface area (Å²) in [4.78, 5) is 11.5. The Morgan fingerprint density at radius 1 is 1.22 bits per heavy atom. The molecule has 0 amide bonds. The van der Waals surface area contributed by atoms with E-state index in [1.165, 1.54) is 12.7 Å². The molecule has 0 spiro atoms. The van der Waals surface area contributed by atoms with Gasteiger partial charge in [-0.1, -0.05) is 44.2 Å². The minimum atomic E-state index is -0.293. The summed E-state index contributed by atoms with van der Waals surface area (Å²) in [6, 6.07) is 10.1. The van der Waals surface area contributed by atoms with Crippen LogP contribution in [0.25, 0.3) is 0 Å². The lowest BCUT2D eigenvalue weighted by molar-refractivity contribution is -0.142. The molecule has 0 saturated carbocycles. The number of carbonyl (C=O) groups is 1. The quantitative estimate of drug-likeness (QED) is 0.788. The highest BCUT2D eigenvalue weighted by Gasteiger charge is 2.20. The molecule has 0 fully saturated rings. The second kappa shape index (κ2) is 7.17. The first kappa shape index (κ1) is 14.7. The molecule has 2 atom stereocenters. The number of esters is 1. The van der Waals surface area contributed by atoms with Crippen molar-refractivity contribution < 1.29 is 9.53 Å². The first-order valence-electron chi connectivity index (χ1n) is 6.43. The normalized spacial score (nSPS) is 14.3. The summed E-state index contributed by atoms with van der Waals surface area (Å²) in [7, 11) is 1.42. The Balaban J connectivity index is 2.76. The van der Waals surface area contributed by atoms with Crippen molar-refractivity contribution in [2.75, 3.05) is 7.11 Å². The van der Waals surface area contributed by atoms with Gasteiger partial charge < -0.3 is 4.74 Å². The van der Waals surface area contributed by atoms with Gasteiger partial charge >= 0.3 is 5.97 Å². The minimum absolute atomic E-state index is 0.181. The smallest absolute Gasteiger partial charge is 0.322 e. The molecule has 0 saturated heterocycles. The molecule has 0 aliphatic heterocycles. The number of hydrogen-bond donors (Lipinski definition) is 1. The van der Waals surface area contributed by atoms with Crippen LogP contribution in [0.15, 0.2) is 30.3 Å². The Labute approximate surface area is 110 Å². The third-order valence-corrected chi connectivity index (χ3v) is 2.91. The Kier molecular flexibility index (Phi) is 5.86. The van der Waals surface area contributed by atoms with Crippen molar-refractivity contribution in [2.24, 2.45) is 5.92 Å². The van der Waals surface area contributed by atoms with Gasteiger partial charge in [0.15, 0.2) is 0 Å². The second-order valence-electron chi connectivity index (χ2n) is 5.00.